The van der Waals surface area contributed by atoms with Crippen LogP contribution in [-0.4, -0.2) is 27.6 Å². The lowest BCUT2D eigenvalue weighted by atomic mass is 10.2. The van der Waals surface area contributed by atoms with Gasteiger partial charge in [0.15, 0.2) is 0 Å². The van der Waals surface area contributed by atoms with Gasteiger partial charge in [-0.1, -0.05) is 0 Å². The van der Waals surface area contributed by atoms with Crippen molar-refractivity contribution >= 4 is 20.6 Å². The van der Waals surface area contributed by atoms with Gasteiger partial charge in [0, 0.05) is 6.42 Å². The molecule has 1 aliphatic heterocycles. The second-order valence-electron chi connectivity index (χ2n) is 3.78. The van der Waals surface area contributed by atoms with Crippen LogP contribution in [0.15, 0.2) is 5.10 Å². The van der Waals surface area contributed by atoms with Crippen molar-refractivity contribution in [3.63, 3.8) is 0 Å². The van der Waals surface area contributed by atoms with E-state index in [0.29, 0.717) is 12.8 Å². The zero-order valence-corrected chi connectivity index (χ0v) is 8.89. The monoisotopic (exact) mass is 252 g/mol. The molecule has 0 aromatic heterocycles. The van der Waals surface area contributed by atoms with Crippen molar-refractivity contribution in [1.29, 1.82) is 0 Å². The summed E-state index contributed by atoms with van der Waals surface area (Å²) in [6, 6.07) is 0.103. The fourth-order valence-corrected chi connectivity index (χ4v) is 2.44. The van der Waals surface area contributed by atoms with E-state index >= 15 is 0 Å². The van der Waals surface area contributed by atoms with Crippen LogP contribution < -0.4 is 0 Å². The maximum atomic E-state index is 12.7. The van der Waals surface area contributed by atoms with Crippen LogP contribution in [0.3, 0.4) is 0 Å². The molecule has 74 valence electrons. The van der Waals surface area contributed by atoms with Crippen molar-refractivity contribution in [1.82, 2.24) is 5.01 Å². The minimum atomic E-state index is -2.28. The Kier molecular flexibility index (Phi) is 2.09. The van der Waals surface area contributed by atoms with Crippen LogP contribution in [0, 0.1) is 0 Å². The first kappa shape index (κ1) is 9.37. The van der Waals surface area contributed by atoms with Gasteiger partial charge in [0.2, 0.25) is 0 Å². The van der Waals surface area contributed by atoms with E-state index in [2.05, 4.69) is 21.0 Å². The number of nitrogens with zero attached hydrogens (tertiary/aromatic N) is 2. The lowest BCUT2D eigenvalue weighted by molar-refractivity contribution is -0.00243. The van der Waals surface area contributed by atoms with Crippen molar-refractivity contribution in [2.24, 2.45) is 5.10 Å². The molecule has 2 nitrogen and oxygen atoms in total. The van der Waals surface area contributed by atoms with Crippen molar-refractivity contribution in [2.75, 3.05) is 0 Å². The largest absolute Gasteiger partial charge is 0.281 e. The predicted octanol–water partition coefficient (Wildman–Crippen LogP) is 2.59. The molecular weight excluding hydrogens is 242 g/mol. The molecule has 0 bridgehead atoms. The number of hydrogen-bond acceptors (Lipinski definition) is 2. The molecule has 13 heavy (non-hydrogen) atoms. The molecule has 0 amide bonds. The Bertz CT molecular complexity index is 251. The number of hydrogen-bond donors (Lipinski definition) is 0. The Morgan fingerprint density at radius 3 is 2.54 bits per heavy atom. The average Bonchev–Trinajstić information content (AvgIpc) is 2.75. The van der Waals surface area contributed by atoms with Crippen LogP contribution in [0.4, 0.5) is 8.78 Å². The highest BCUT2D eigenvalue weighted by Gasteiger charge is 2.58. The first-order valence-electron chi connectivity index (χ1n) is 4.37. The molecule has 0 saturated heterocycles. The first-order valence-corrected chi connectivity index (χ1v) is 5.16. The number of rotatable bonds is 2. The Balaban J connectivity index is 2.17. The zero-order valence-electron chi connectivity index (χ0n) is 7.30. The van der Waals surface area contributed by atoms with Crippen molar-refractivity contribution in [3.8, 4) is 0 Å². The highest BCUT2D eigenvalue weighted by Crippen LogP contribution is 2.49. The molecule has 2 aliphatic rings. The summed E-state index contributed by atoms with van der Waals surface area (Å²) >= 11 is 3.25. The topological polar surface area (TPSA) is 15.6 Å². The summed E-state index contributed by atoms with van der Waals surface area (Å²) in [6.45, 7) is 1.93. The summed E-state index contributed by atoms with van der Waals surface area (Å²) in [7, 11) is 0. The minimum absolute atomic E-state index is 0.103. The number of halogens is 3. The van der Waals surface area contributed by atoms with Gasteiger partial charge in [-0.3, -0.25) is 5.01 Å². The van der Waals surface area contributed by atoms with E-state index in [0.717, 1.165) is 11.0 Å². The second kappa shape index (κ2) is 2.90. The third-order valence-electron chi connectivity index (χ3n) is 2.72. The molecule has 0 N–H and O–H groups in total. The predicted molar refractivity (Wildman–Crippen MR) is 50.2 cm³/mol. The molecule has 0 aromatic rings. The average molecular weight is 253 g/mol. The highest BCUT2D eigenvalue weighted by molar-refractivity contribution is 9.18. The van der Waals surface area contributed by atoms with Crippen molar-refractivity contribution in [3.05, 3.63) is 0 Å². The third kappa shape index (κ3) is 1.37. The van der Waals surface area contributed by atoms with E-state index in [9.17, 15) is 8.78 Å². The Hall–Kier alpha value is -0.190. The Labute approximate surface area is 84.1 Å². The fraction of sp³-hybridized carbons (Fsp3) is 0.875. The molecule has 1 heterocycles. The normalized spacial score (nSPS) is 31.0. The summed E-state index contributed by atoms with van der Waals surface area (Å²) in [5.74, 6) is 0. The van der Waals surface area contributed by atoms with Gasteiger partial charge in [-0.05, 0) is 35.7 Å². The first-order chi connectivity index (χ1) is 6.06. The van der Waals surface area contributed by atoms with Crippen LogP contribution in [0.5, 0.6) is 0 Å². The van der Waals surface area contributed by atoms with Gasteiger partial charge in [-0.2, -0.15) is 5.10 Å². The van der Waals surface area contributed by atoms with Crippen LogP contribution >= 0.6 is 15.9 Å². The molecule has 1 atom stereocenters. The molecule has 1 unspecified atom stereocenters. The van der Waals surface area contributed by atoms with Gasteiger partial charge >= 0.3 is 0 Å². The lowest BCUT2D eigenvalue weighted by Crippen LogP contribution is -2.42. The van der Waals surface area contributed by atoms with Gasteiger partial charge in [0.05, 0.1) is 6.04 Å². The van der Waals surface area contributed by atoms with Crippen LogP contribution in [-0.2, 0) is 0 Å². The summed E-state index contributed by atoms with van der Waals surface area (Å²) in [4.78, 5) is 0. The number of hydrazone groups is 1. The highest BCUT2D eigenvalue weighted by atomic mass is 79.9. The van der Waals surface area contributed by atoms with E-state index in [1.54, 1.807) is 5.01 Å². The van der Waals surface area contributed by atoms with Gasteiger partial charge in [0.25, 0.3) is 6.43 Å². The van der Waals surface area contributed by atoms with E-state index in [1.165, 1.54) is 0 Å². The molecule has 1 saturated carbocycles. The SMILES string of the molecule is CC1CC(Br)=NN1C1(C(F)F)CC1. The fourth-order valence-electron chi connectivity index (χ4n) is 1.80. The van der Waals surface area contributed by atoms with E-state index in [-0.39, 0.29) is 6.04 Å². The second-order valence-corrected chi connectivity index (χ2v) is 4.69. The quantitative estimate of drug-likeness (QED) is 0.738. The molecule has 0 spiro atoms. The van der Waals surface area contributed by atoms with Gasteiger partial charge in [-0.15, -0.1) is 0 Å². The standard InChI is InChI=1S/C8H11BrF2N2/c1-5-4-6(9)12-13(5)8(2-3-8)7(10)11/h5,7H,2-4H2,1H3. The lowest BCUT2D eigenvalue weighted by Gasteiger charge is -2.29. The van der Waals surface area contributed by atoms with Crippen LogP contribution in [0.2, 0.25) is 0 Å². The molecule has 0 aromatic carbocycles. The van der Waals surface area contributed by atoms with Gasteiger partial charge in [-0.25, -0.2) is 8.78 Å². The minimum Gasteiger partial charge on any atom is -0.281 e. The molecule has 0 radical (unpaired) electrons. The van der Waals surface area contributed by atoms with Crippen molar-refractivity contribution in [2.45, 2.75) is 44.2 Å². The molecule has 5 heteroatoms. The number of alkyl halides is 2. The molecule has 1 fully saturated rings. The van der Waals surface area contributed by atoms with Crippen LogP contribution in [0.1, 0.15) is 26.2 Å². The summed E-state index contributed by atoms with van der Waals surface area (Å²) in [5, 5.41) is 5.70. The van der Waals surface area contributed by atoms with Gasteiger partial charge < -0.3 is 0 Å². The zero-order chi connectivity index (χ0) is 9.64. The third-order valence-corrected chi connectivity index (χ3v) is 3.20. The summed E-state index contributed by atoms with van der Waals surface area (Å²) < 4.78 is 26.2. The van der Waals surface area contributed by atoms with Gasteiger partial charge in [0.1, 0.15) is 10.2 Å². The molecule has 2 rings (SSSR count). The van der Waals surface area contributed by atoms with Crippen molar-refractivity contribution < 1.29 is 8.78 Å². The maximum absolute atomic E-state index is 12.7. The summed E-state index contributed by atoms with van der Waals surface area (Å²) in [6.07, 6.45) is -0.399. The smallest absolute Gasteiger partial charge is 0.263 e. The molecular formula is C8H11BrF2N2. The summed E-state index contributed by atoms with van der Waals surface area (Å²) in [5.41, 5.74) is -0.936. The van der Waals surface area contributed by atoms with E-state index < -0.39 is 12.0 Å². The maximum Gasteiger partial charge on any atom is 0.263 e. The Morgan fingerprint density at radius 1 is 1.62 bits per heavy atom. The molecule has 1 aliphatic carbocycles. The van der Waals surface area contributed by atoms with E-state index in [1.807, 2.05) is 6.92 Å². The Morgan fingerprint density at radius 2 is 2.23 bits per heavy atom. The van der Waals surface area contributed by atoms with E-state index in [4.69, 9.17) is 0 Å². The van der Waals surface area contributed by atoms with Crippen LogP contribution in [0.25, 0.3) is 0 Å².